The highest BCUT2D eigenvalue weighted by atomic mass is 19.4. The number of benzene rings is 1. The number of nitrogens with zero attached hydrogens (tertiary/aromatic N) is 8. The lowest BCUT2D eigenvalue weighted by Gasteiger charge is -2.09. The summed E-state index contributed by atoms with van der Waals surface area (Å²) < 4.78 is 47.3. The molecule has 1 aromatic carbocycles. The molecule has 4 heterocycles. The Balaban J connectivity index is 1.45. The molecule has 0 radical (unpaired) electrons. The molecule has 0 aliphatic heterocycles. The Bertz CT molecular complexity index is 1520. The van der Waals surface area contributed by atoms with Gasteiger partial charge >= 0.3 is 6.18 Å². The zero-order valence-electron chi connectivity index (χ0n) is 18.9. The number of rotatable bonds is 5. The van der Waals surface area contributed by atoms with E-state index in [2.05, 4.69) is 30.1 Å². The Labute approximate surface area is 197 Å². The van der Waals surface area contributed by atoms with Gasteiger partial charge < -0.3 is 4.74 Å². The van der Waals surface area contributed by atoms with Gasteiger partial charge in [-0.15, -0.1) is 0 Å². The SMILES string of the molecule is COc1ncnc(C)c1-c1ncc2cnn(Cc3ccc(-n4nc(C(F)(F)F)cc4C)cc3)c2n1. The van der Waals surface area contributed by atoms with E-state index in [4.69, 9.17) is 4.74 Å². The lowest BCUT2D eigenvalue weighted by Crippen LogP contribution is -2.08. The first kappa shape index (κ1) is 22.4. The van der Waals surface area contributed by atoms with Crippen LogP contribution in [0.3, 0.4) is 0 Å². The molecule has 0 spiro atoms. The van der Waals surface area contributed by atoms with Crippen molar-refractivity contribution in [2.75, 3.05) is 7.11 Å². The number of aryl methyl sites for hydroxylation is 2. The van der Waals surface area contributed by atoms with E-state index in [-0.39, 0.29) is 0 Å². The van der Waals surface area contributed by atoms with Crippen LogP contribution in [0.1, 0.15) is 22.6 Å². The monoisotopic (exact) mass is 480 g/mol. The largest absolute Gasteiger partial charge is 0.480 e. The van der Waals surface area contributed by atoms with E-state index in [1.165, 1.54) is 18.1 Å². The predicted octanol–water partition coefficient (Wildman–Crippen LogP) is 4.16. The van der Waals surface area contributed by atoms with Crippen LogP contribution in [0.15, 0.2) is 49.1 Å². The summed E-state index contributed by atoms with van der Waals surface area (Å²) >= 11 is 0. The molecule has 5 rings (SSSR count). The second-order valence-corrected chi connectivity index (χ2v) is 7.87. The van der Waals surface area contributed by atoms with Gasteiger partial charge in [0, 0.05) is 11.9 Å². The predicted molar refractivity (Wildman–Crippen MR) is 120 cm³/mol. The molecular weight excluding hydrogens is 461 g/mol. The summed E-state index contributed by atoms with van der Waals surface area (Å²) in [6.45, 7) is 3.80. The minimum Gasteiger partial charge on any atom is -0.480 e. The molecule has 0 bridgehead atoms. The number of ether oxygens (including phenoxy) is 1. The first-order valence-corrected chi connectivity index (χ1v) is 10.5. The van der Waals surface area contributed by atoms with Gasteiger partial charge in [-0.2, -0.15) is 23.4 Å². The molecule has 0 saturated carbocycles. The van der Waals surface area contributed by atoms with Crippen molar-refractivity contribution in [2.45, 2.75) is 26.6 Å². The van der Waals surface area contributed by atoms with Crippen molar-refractivity contribution in [1.82, 2.24) is 39.5 Å². The minimum absolute atomic E-state index is 0.376. The summed E-state index contributed by atoms with van der Waals surface area (Å²) in [6, 6.07) is 8.10. The summed E-state index contributed by atoms with van der Waals surface area (Å²) in [4.78, 5) is 17.5. The molecule has 0 aliphatic rings. The maximum absolute atomic E-state index is 13.0. The van der Waals surface area contributed by atoms with Crippen LogP contribution in [0.25, 0.3) is 28.1 Å². The van der Waals surface area contributed by atoms with E-state index < -0.39 is 11.9 Å². The Kier molecular flexibility index (Phi) is 5.42. The van der Waals surface area contributed by atoms with Gasteiger partial charge in [0.25, 0.3) is 0 Å². The van der Waals surface area contributed by atoms with Crippen molar-refractivity contribution in [3.8, 4) is 23.0 Å². The van der Waals surface area contributed by atoms with Crippen molar-refractivity contribution in [2.24, 2.45) is 0 Å². The van der Waals surface area contributed by atoms with Crippen LogP contribution in [-0.4, -0.2) is 46.6 Å². The molecule has 4 aromatic heterocycles. The van der Waals surface area contributed by atoms with E-state index in [0.29, 0.717) is 46.5 Å². The lowest BCUT2D eigenvalue weighted by molar-refractivity contribution is -0.141. The van der Waals surface area contributed by atoms with Crippen LogP contribution in [0.4, 0.5) is 13.2 Å². The van der Waals surface area contributed by atoms with Crippen molar-refractivity contribution in [3.05, 3.63) is 71.7 Å². The number of hydrogen-bond acceptors (Lipinski definition) is 7. The van der Waals surface area contributed by atoms with Gasteiger partial charge in [-0.05, 0) is 37.6 Å². The van der Waals surface area contributed by atoms with Gasteiger partial charge in [0.1, 0.15) is 11.9 Å². The quantitative estimate of drug-likeness (QED) is 0.373. The molecule has 0 N–H and O–H groups in total. The average Bonchev–Trinajstić information content (AvgIpc) is 3.42. The van der Waals surface area contributed by atoms with Crippen LogP contribution in [0, 0.1) is 13.8 Å². The maximum atomic E-state index is 13.0. The smallest absolute Gasteiger partial charge is 0.435 e. The molecule has 0 unspecified atom stereocenters. The Morgan fingerprint density at radius 3 is 2.46 bits per heavy atom. The first-order chi connectivity index (χ1) is 16.7. The Morgan fingerprint density at radius 1 is 1.00 bits per heavy atom. The third-order valence-corrected chi connectivity index (χ3v) is 5.49. The number of hydrogen-bond donors (Lipinski definition) is 0. The van der Waals surface area contributed by atoms with Crippen molar-refractivity contribution < 1.29 is 17.9 Å². The second kappa shape index (κ2) is 8.46. The molecule has 9 nitrogen and oxygen atoms in total. The number of halogens is 3. The number of methoxy groups -OCH3 is 1. The van der Waals surface area contributed by atoms with Gasteiger partial charge in [-0.3, -0.25) is 0 Å². The van der Waals surface area contributed by atoms with Gasteiger partial charge in [-0.1, -0.05) is 12.1 Å². The zero-order chi connectivity index (χ0) is 24.7. The molecule has 0 saturated heterocycles. The lowest BCUT2D eigenvalue weighted by atomic mass is 10.2. The van der Waals surface area contributed by atoms with Crippen LogP contribution < -0.4 is 4.74 Å². The highest BCUT2D eigenvalue weighted by Gasteiger charge is 2.34. The molecule has 178 valence electrons. The summed E-state index contributed by atoms with van der Waals surface area (Å²) in [7, 11) is 1.52. The summed E-state index contributed by atoms with van der Waals surface area (Å²) in [6.07, 6.45) is 0.269. The van der Waals surface area contributed by atoms with Crippen LogP contribution >= 0.6 is 0 Å². The second-order valence-electron chi connectivity index (χ2n) is 7.87. The number of alkyl halides is 3. The fourth-order valence-electron chi connectivity index (χ4n) is 3.76. The maximum Gasteiger partial charge on any atom is 0.435 e. The van der Waals surface area contributed by atoms with E-state index in [1.54, 1.807) is 36.1 Å². The fourth-order valence-corrected chi connectivity index (χ4v) is 3.76. The standard InChI is InChI=1S/C23H19F3N8O/c1-13-8-18(23(24,25)26)32-34(13)17-6-4-15(5-7-17)11-33-21-16(10-30-33)9-27-20(31-21)19-14(2)28-12-29-22(19)35-3/h4-10,12H,11H2,1-3H3. The minimum atomic E-state index is -4.49. The van der Waals surface area contributed by atoms with E-state index >= 15 is 0 Å². The van der Waals surface area contributed by atoms with Crippen LogP contribution in [0.5, 0.6) is 5.88 Å². The highest BCUT2D eigenvalue weighted by molar-refractivity contribution is 5.77. The first-order valence-electron chi connectivity index (χ1n) is 10.5. The summed E-state index contributed by atoms with van der Waals surface area (Å²) in [5.41, 5.74) is 2.78. The third-order valence-electron chi connectivity index (χ3n) is 5.49. The molecule has 0 atom stereocenters. The fraction of sp³-hybridized carbons (Fsp3) is 0.217. The van der Waals surface area contributed by atoms with E-state index in [0.717, 1.165) is 17.0 Å². The highest BCUT2D eigenvalue weighted by Crippen LogP contribution is 2.30. The van der Waals surface area contributed by atoms with E-state index in [1.807, 2.05) is 19.1 Å². The topological polar surface area (TPSA) is 96.4 Å². The van der Waals surface area contributed by atoms with Crippen molar-refractivity contribution in [3.63, 3.8) is 0 Å². The normalized spacial score (nSPS) is 11.8. The summed E-state index contributed by atoms with van der Waals surface area (Å²) in [5, 5.41) is 8.87. The Hall–Kier alpha value is -4.35. The van der Waals surface area contributed by atoms with E-state index in [9.17, 15) is 13.2 Å². The van der Waals surface area contributed by atoms with Crippen molar-refractivity contribution >= 4 is 11.0 Å². The molecular formula is C23H19F3N8O. The third kappa shape index (κ3) is 4.18. The molecule has 12 heteroatoms. The van der Waals surface area contributed by atoms with Crippen LogP contribution in [-0.2, 0) is 12.7 Å². The van der Waals surface area contributed by atoms with Gasteiger partial charge in [-0.25, -0.2) is 29.3 Å². The van der Waals surface area contributed by atoms with Gasteiger partial charge in [0.15, 0.2) is 17.2 Å². The summed E-state index contributed by atoms with van der Waals surface area (Å²) in [5.74, 6) is 0.792. The van der Waals surface area contributed by atoms with Gasteiger partial charge in [0.05, 0.1) is 36.6 Å². The Morgan fingerprint density at radius 2 is 1.77 bits per heavy atom. The van der Waals surface area contributed by atoms with Gasteiger partial charge in [0.2, 0.25) is 5.88 Å². The average molecular weight is 480 g/mol. The molecule has 0 amide bonds. The molecule has 0 aliphatic carbocycles. The van der Waals surface area contributed by atoms with Crippen molar-refractivity contribution in [1.29, 1.82) is 0 Å². The van der Waals surface area contributed by atoms with Crippen LogP contribution in [0.2, 0.25) is 0 Å². The molecule has 35 heavy (non-hydrogen) atoms. The molecule has 5 aromatic rings. The molecule has 0 fully saturated rings. The number of aromatic nitrogens is 8. The number of fused-ring (bicyclic) bond motifs is 1. The zero-order valence-corrected chi connectivity index (χ0v) is 18.9.